The van der Waals surface area contributed by atoms with E-state index in [1.54, 1.807) is 0 Å². The Labute approximate surface area is 173 Å². The summed E-state index contributed by atoms with van der Waals surface area (Å²) < 4.78 is 6.83. The molecule has 148 valence electrons. The van der Waals surface area contributed by atoms with Crippen LogP contribution >= 0.6 is 0 Å². The van der Waals surface area contributed by atoms with Gasteiger partial charge in [0, 0.05) is 19.4 Å². The van der Waals surface area contributed by atoms with Gasteiger partial charge in [0.2, 0.25) is 0 Å². The molecule has 1 saturated carbocycles. The van der Waals surface area contributed by atoms with E-state index in [1.807, 2.05) is 18.2 Å². The third-order valence-electron chi connectivity index (χ3n) is 6.05. The molecule has 0 atom stereocenters. The minimum absolute atomic E-state index is 0.411. The second kappa shape index (κ2) is 9.19. The lowest BCUT2D eigenvalue weighted by Crippen LogP contribution is -2.33. The molecule has 0 spiro atoms. The van der Waals surface area contributed by atoms with Gasteiger partial charge in [0.25, 0.3) is 0 Å². The van der Waals surface area contributed by atoms with E-state index in [1.165, 1.54) is 0 Å². The summed E-state index contributed by atoms with van der Waals surface area (Å²) in [6.45, 7) is 0.664. The molecule has 0 amide bonds. The fraction of sp³-hybridized carbons (Fsp3) is 0.296. The molecule has 2 nitrogen and oxygen atoms in total. The summed E-state index contributed by atoms with van der Waals surface area (Å²) in [4.78, 5) is 11.6. The highest BCUT2D eigenvalue weighted by Crippen LogP contribution is 2.41. The smallest absolute Gasteiger partial charge is 0.143 e. The first-order valence-electron chi connectivity index (χ1n) is 10.6. The molecule has 0 aromatic heterocycles. The molecule has 3 aromatic rings. The Bertz CT molecular complexity index is 796. The third-order valence-corrected chi connectivity index (χ3v) is 6.05. The van der Waals surface area contributed by atoms with Crippen molar-refractivity contribution in [2.24, 2.45) is 5.92 Å². The Hall–Kier alpha value is -2.71. The molecule has 1 aliphatic carbocycles. The summed E-state index contributed by atoms with van der Waals surface area (Å²) in [5.74, 6) is 0.988. The predicted molar refractivity (Wildman–Crippen MR) is 117 cm³/mol. The second-order valence-corrected chi connectivity index (χ2v) is 7.90. The third kappa shape index (κ3) is 4.33. The van der Waals surface area contributed by atoms with E-state index in [2.05, 4.69) is 72.8 Å². The Kier molecular flexibility index (Phi) is 6.21. The van der Waals surface area contributed by atoms with E-state index in [0.29, 0.717) is 18.3 Å². The van der Waals surface area contributed by atoms with Gasteiger partial charge in [0.1, 0.15) is 11.4 Å². The van der Waals surface area contributed by atoms with Crippen molar-refractivity contribution >= 4 is 5.78 Å². The van der Waals surface area contributed by atoms with Gasteiger partial charge >= 0.3 is 0 Å². The van der Waals surface area contributed by atoms with Gasteiger partial charge in [-0.3, -0.25) is 4.79 Å². The van der Waals surface area contributed by atoms with Crippen molar-refractivity contribution in [2.45, 2.75) is 37.7 Å². The van der Waals surface area contributed by atoms with Crippen LogP contribution in [0, 0.1) is 5.92 Å². The Balaban J connectivity index is 1.69. The standard InChI is InChI=1S/C27H28O2/c28-26-18-16-22(17-19-26)20-21-29-27(23-10-4-1-5-11-23,24-12-6-2-7-13-24)25-14-8-3-9-15-25/h1-15,22H,16-21H2. The number of hydrogen-bond donors (Lipinski definition) is 0. The first-order valence-corrected chi connectivity index (χ1v) is 10.6. The van der Waals surface area contributed by atoms with Gasteiger partial charge in [-0.15, -0.1) is 0 Å². The summed E-state index contributed by atoms with van der Waals surface area (Å²) in [6.07, 6.45) is 4.44. The molecule has 0 radical (unpaired) electrons. The van der Waals surface area contributed by atoms with Crippen molar-refractivity contribution in [3.8, 4) is 0 Å². The monoisotopic (exact) mass is 384 g/mol. The highest BCUT2D eigenvalue weighted by atomic mass is 16.5. The predicted octanol–water partition coefficient (Wildman–Crippen LogP) is 6.14. The van der Waals surface area contributed by atoms with Gasteiger partial charge in [-0.2, -0.15) is 0 Å². The van der Waals surface area contributed by atoms with E-state index >= 15 is 0 Å². The van der Waals surface area contributed by atoms with Crippen molar-refractivity contribution in [1.82, 2.24) is 0 Å². The van der Waals surface area contributed by atoms with Crippen LogP contribution in [0.4, 0.5) is 0 Å². The maximum absolute atomic E-state index is 11.6. The summed E-state index contributed by atoms with van der Waals surface area (Å²) >= 11 is 0. The fourth-order valence-electron chi connectivity index (χ4n) is 4.44. The van der Waals surface area contributed by atoms with Crippen molar-refractivity contribution in [3.63, 3.8) is 0 Å². The van der Waals surface area contributed by atoms with Gasteiger partial charge in [-0.05, 0) is 41.9 Å². The summed E-state index contributed by atoms with van der Waals surface area (Å²) in [7, 11) is 0. The first kappa shape index (κ1) is 19.6. The molecule has 4 rings (SSSR count). The topological polar surface area (TPSA) is 26.3 Å². The number of Topliss-reactive ketones (excluding diaryl/α,β-unsaturated/α-hetero) is 1. The number of carbonyl (C=O) groups is 1. The summed E-state index contributed by atoms with van der Waals surface area (Å²) in [5.41, 5.74) is 2.76. The lowest BCUT2D eigenvalue weighted by atomic mass is 9.80. The van der Waals surface area contributed by atoms with Crippen LogP contribution in [0.1, 0.15) is 48.8 Å². The molecule has 1 fully saturated rings. The zero-order valence-electron chi connectivity index (χ0n) is 16.8. The number of carbonyl (C=O) groups excluding carboxylic acids is 1. The Morgan fingerprint density at radius 3 is 1.52 bits per heavy atom. The maximum atomic E-state index is 11.6. The lowest BCUT2D eigenvalue weighted by molar-refractivity contribution is -0.121. The summed E-state index contributed by atoms with van der Waals surface area (Å²) in [5, 5.41) is 0. The Morgan fingerprint density at radius 2 is 1.10 bits per heavy atom. The zero-order valence-corrected chi connectivity index (χ0v) is 16.8. The largest absolute Gasteiger partial charge is 0.361 e. The van der Waals surface area contributed by atoms with E-state index in [9.17, 15) is 4.79 Å². The molecule has 0 heterocycles. The quantitative estimate of drug-likeness (QED) is 0.457. The van der Waals surface area contributed by atoms with Gasteiger partial charge in [0.05, 0.1) is 0 Å². The van der Waals surface area contributed by atoms with Crippen molar-refractivity contribution in [1.29, 1.82) is 0 Å². The molecule has 0 aliphatic heterocycles. The molecular weight excluding hydrogens is 356 g/mol. The van der Waals surface area contributed by atoms with Crippen LogP contribution in [0.3, 0.4) is 0 Å². The minimum atomic E-state index is -0.645. The molecule has 29 heavy (non-hydrogen) atoms. The molecule has 0 bridgehead atoms. The lowest BCUT2D eigenvalue weighted by Gasteiger charge is -2.36. The van der Waals surface area contributed by atoms with E-state index in [0.717, 1.165) is 48.8 Å². The van der Waals surface area contributed by atoms with Crippen LogP contribution in [-0.2, 0) is 15.1 Å². The highest BCUT2D eigenvalue weighted by Gasteiger charge is 2.37. The number of hydrogen-bond acceptors (Lipinski definition) is 2. The van der Waals surface area contributed by atoms with Crippen LogP contribution in [0.2, 0.25) is 0 Å². The van der Waals surface area contributed by atoms with Gasteiger partial charge in [-0.25, -0.2) is 0 Å². The van der Waals surface area contributed by atoms with E-state index in [4.69, 9.17) is 4.74 Å². The van der Waals surface area contributed by atoms with Crippen LogP contribution in [-0.4, -0.2) is 12.4 Å². The van der Waals surface area contributed by atoms with Gasteiger partial charge in [0.15, 0.2) is 0 Å². The maximum Gasteiger partial charge on any atom is 0.143 e. The number of ketones is 1. The molecule has 0 N–H and O–H groups in total. The SMILES string of the molecule is O=C1CCC(CCOC(c2ccccc2)(c2ccccc2)c2ccccc2)CC1. The van der Waals surface area contributed by atoms with E-state index in [-0.39, 0.29) is 0 Å². The normalized spacial score (nSPS) is 15.4. The van der Waals surface area contributed by atoms with Gasteiger partial charge in [-0.1, -0.05) is 91.0 Å². The van der Waals surface area contributed by atoms with Crippen LogP contribution in [0.25, 0.3) is 0 Å². The highest BCUT2D eigenvalue weighted by molar-refractivity contribution is 5.79. The average molecular weight is 385 g/mol. The zero-order chi connectivity index (χ0) is 19.9. The average Bonchev–Trinajstić information content (AvgIpc) is 2.80. The number of benzene rings is 3. The Morgan fingerprint density at radius 1 is 0.690 bits per heavy atom. The van der Waals surface area contributed by atoms with Crippen molar-refractivity contribution in [2.75, 3.05) is 6.61 Å². The second-order valence-electron chi connectivity index (χ2n) is 7.90. The number of ether oxygens (including phenoxy) is 1. The first-order chi connectivity index (χ1) is 14.3. The van der Waals surface area contributed by atoms with Crippen LogP contribution in [0.5, 0.6) is 0 Å². The molecule has 0 saturated heterocycles. The van der Waals surface area contributed by atoms with E-state index < -0.39 is 5.60 Å². The van der Waals surface area contributed by atoms with Crippen molar-refractivity contribution < 1.29 is 9.53 Å². The number of rotatable bonds is 7. The minimum Gasteiger partial charge on any atom is -0.361 e. The molecule has 1 aliphatic rings. The molecule has 2 heteroatoms. The van der Waals surface area contributed by atoms with Gasteiger partial charge < -0.3 is 4.74 Å². The fourth-order valence-corrected chi connectivity index (χ4v) is 4.44. The van der Waals surface area contributed by atoms with Crippen LogP contribution in [0.15, 0.2) is 91.0 Å². The summed E-state index contributed by atoms with van der Waals surface area (Å²) in [6, 6.07) is 31.5. The molecule has 3 aromatic carbocycles. The van der Waals surface area contributed by atoms with Crippen LogP contribution < -0.4 is 0 Å². The molecule has 0 unspecified atom stereocenters. The molecular formula is C27H28O2. The van der Waals surface area contributed by atoms with Crippen molar-refractivity contribution in [3.05, 3.63) is 108 Å².